The van der Waals surface area contributed by atoms with Gasteiger partial charge in [0.1, 0.15) is 11.6 Å². The first-order chi connectivity index (χ1) is 16.9. The molecule has 36 heavy (non-hydrogen) atoms. The Hall–Kier alpha value is -3.26. The summed E-state index contributed by atoms with van der Waals surface area (Å²) in [7, 11) is -3.49. The molecule has 192 valence electrons. The van der Waals surface area contributed by atoms with Crippen molar-refractivity contribution in [2.24, 2.45) is 0 Å². The van der Waals surface area contributed by atoms with E-state index in [1.165, 1.54) is 11.8 Å². The van der Waals surface area contributed by atoms with Crippen molar-refractivity contribution in [2.75, 3.05) is 23.7 Å². The summed E-state index contributed by atoms with van der Waals surface area (Å²) >= 11 is 0. The Morgan fingerprint density at radius 2 is 1.86 bits per heavy atom. The molecule has 0 unspecified atom stereocenters. The highest BCUT2D eigenvalue weighted by Crippen LogP contribution is 2.43. The van der Waals surface area contributed by atoms with E-state index in [0.717, 1.165) is 23.1 Å². The van der Waals surface area contributed by atoms with Gasteiger partial charge in [0.15, 0.2) is 11.4 Å². The predicted octanol–water partition coefficient (Wildman–Crippen LogP) is 4.11. The maximum absolute atomic E-state index is 14.7. The number of nitrogens with one attached hydrogen (secondary N) is 1. The highest BCUT2D eigenvalue weighted by Gasteiger charge is 2.47. The van der Waals surface area contributed by atoms with Crippen molar-refractivity contribution < 1.29 is 39.7 Å². The molecular weight excluding hydrogens is 511 g/mol. The monoisotopic (exact) mass is 530 g/mol. The summed E-state index contributed by atoms with van der Waals surface area (Å²) in [5.41, 5.74) is -2.76. The molecule has 8 nitrogen and oxygen atoms in total. The lowest BCUT2D eigenvalue weighted by atomic mass is 9.97. The second-order valence-corrected chi connectivity index (χ2v) is 10.7. The minimum absolute atomic E-state index is 0.0328. The molecule has 0 spiro atoms. The second kappa shape index (κ2) is 8.40. The lowest BCUT2D eigenvalue weighted by Crippen LogP contribution is -2.41. The number of hydrogen-bond acceptors (Lipinski definition) is 5. The van der Waals surface area contributed by atoms with E-state index in [9.17, 15) is 35.2 Å². The molecule has 3 aromatic rings. The van der Waals surface area contributed by atoms with Gasteiger partial charge in [0.05, 0.1) is 28.3 Å². The second-order valence-electron chi connectivity index (χ2n) is 8.65. The van der Waals surface area contributed by atoms with Crippen LogP contribution in [0.5, 0.6) is 0 Å². The van der Waals surface area contributed by atoms with Crippen LogP contribution >= 0.6 is 0 Å². The highest BCUT2D eigenvalue weighted by atomic mass is 32.2. The third-order valence-corrected chi connectivity index (χ3v) is 7.83. The summed E-state index contributed by atoms with van der Waals surface area (Å²) in [6, 6.07) is 2.68. The zero-order valence-electron chi connectivity index (χ0n) is 18.6. The van der Waals surface area contributed by atoms with Crippen LogP contribution < -0.4 is 9.62 Å². The number of urea groups is 1. The first-order valence-corrected chi connectivity index (χ1v) is 12.6. The average molecular weight is 530 g/mol. The molecule has 0 saturated carbocycles. The number of nitrogens with zero attached hydrogens (tertiary/aromatic N) is 3. The molecule has 2 aliphatic rings. The molecule has 0 bridgehead atoms. The SMILES string of the molecule is CCS(=O)(=O)N[C@H]1C[C@H]2CN(c3noc4cc(C(F)(F)F)cc(-c5c(F)cccc5F)c34)C(=O)N2C1. The molecule has 1 N–H and O–H groups in total. The summed E-state index contributed by atoms with van der Waals surface area (Å²) in [6.07, 6.45) is -4.53. The van der Waals surface area contributed by atoms with Crippen molar-refractivity contribution in [1.82, 2.24) is 14.8 Å². The van der Waals surface area contributed by atoms with Gasteiger partial charge in [-0.1, -0.05) is 11.2 Å². The van der Waals surface area contributed by atoms with Crippen molar-refractivity contribution >= 4 is 32.8 Å². The van der Waals surface area contributed by atoms with Gasteiger partial charge in [-0.15, -0.1) is 0 Å². The number of carbonyl (C=O) groups is 1. The molecule has 1 aromatic heterocycles. The largest absolute Gasteiger partial charge is 0.416 e. The normalized spacial score (nSPS) is 20.6. The predicted molar refractivity (Wildman–Crippen MR) is 119 cm³/mol. The fourth-order valence-electron chi connectivity index (χ4n) is 4.72. The summed E-state index contributed by atoms with van der Waals surface area (Å²) < 4.78 is 101. The molecule has 2 fully saturated rings. The molecule has 2 saturated heterocycles. The molecule has 3 heterocycles. The molecule has 14 heteroatoms. The zero-order valence-corrected chi connectivity index (χ0v) is 19.5. The Balaban J connectivity index is 1.57. The molecule has 2 atom stereocenters. The summed E-state index contributed by atoms with van der Waals surface area (Å²) in [5, 5.41) is 3.65. The van der Waals surface area contributed by atoms with Crippen LogP contribution in [0.4, 0.5) is 32.6 Å². The van der Waals surface area contributed by atoms with Crippen molar-refractivity contribution in [2.45, 2.75) is 31.6 Å². The van der Waals surface area contributed by atoms with Crippen LogP contribution in [-0.2, 0) is 16.2 Å². The van der Waals surface area contributed by atoms with E-state index in [1.54, 1.807) is 0 Å². The Kier molecular flexibility index (Phi) is 5.70. The van der Waals surface area contributed by atoms with Gasteiger partial charge < -0.3 is 9.42 Å². The molecule has 2 aromatic carbocycles. The number of fused-ring (bicyclic) bond motifs is 2. The topological polar surface area (TPSA) is 95.7 Å². The maximum atomic E-state index is 14.7. The number of rotatable bonds is 5. The highest BCUT2D eigenvalue weighted by molar-refractivity contribution is 7.89. The summed E-state index contributed by atoms with van der Waals surface area (Å²) in [5.74, 6) is -2.49. The number of anilines is 1. The Labute approximate surface area is 201 Å². The molecule has 0 aliphatic carbocycles. The van der Waals surface area contributed by atoms with Crippen LogP contribution in [0.15, 0.2) is 34.9 Å². The first-order valence-electron chi connectivity index (χ1n) is 10.9. The van der Waals surface area contributed by atoms with E-state index >= 15 is 0 Å². The third-order valence-electron chi connectivity index (χ3n) is 6.38. The van der Waals surface area contributed by atoms with Gasteiger partial charge in [-0.3, -0.25) is 4.90 Å². The number of hydrogen-bond donors (Lipinski definition) is 1. The van der Waals surface area contributed by atoms with Crippen molar-refractivity contribution in [3.8, 4) is 11.1 Å². The number of benzene rings is 2. The third kappa shape index (κ3) is 4.07. The van der Waals surface area contributed by atoms with Gasteiger partial charge in [0, 0.05) is 24.7 Å². The van der Waals surface area contributed by atoms with Gasteiger partial charge in [-0.2, -0.15) is 13.2 Å². The fourth-order valence-corrected chi connectivity index (χ4v) is 5.57. The lowest BCUT2D eigenvalue weighted by Gasteiger charge is -2.19. The number of amides is 2. The van der Waals surface area contributed by atoms with Crippen LogP contribution in [0.25, 0.3) is 22.1 Å². The van der Waals surface area contributed by atoms with Gasteiger partial charge in [0.25, 0.3) is 0 Å². The minimum atomic E-state index is -4.84. The molecule has 5 rings (SSSR count). The molecular formula is C22H19F5N4O4S. The fraction of sp³-hybridized carbons (Fsp3) is 0.364. The van der Waals surface area contributed by atoms with E-state index < -0.39 is 68.2 Å². The van der Waals surface area contributed by atoms with Crippen molar-refractivity contribution in [3.63, 3.8) is 0 Å². The maximum Gasteiger partial charge on any atom is 0.416 e. The van der Waals surface area contributed by atoms with Gasteiger partial charge in [-0.05, 0) is 37.6 Å². The number of carbonyl (C=O) groups excluding carboxylic acids is 1. The van der Waals surface area contributed by atoms with E-state index in [2.05, 4.69) is 9.88 Å². The van der Waals surface area contributed by atoms with E-state index in [0.29, 0.717) is 18.6 Å². The molecule has 2 amide bonds. The van der Waals surface area contributed by atoms with Crippen LogP contribution in [0.2, 0.25) is 0 Å². The summed E-state index contributed by atoms with van der Waals surface area (Å²) in [4.78, 5) is 15.8. The van der Waals surface area contributed by atoms with E-state index in [1.807, 2.05) is 0 Å². The quantitative estimate of drug-likeness (QED) is 0.501. The Morgan fingerprint density at radius 3 is 2.47 bits per heavy atom. The molecule has 2 aliphatic heterocycles. The Bertz CT molecular complexity index is 1450. The lowest BCUT2D eigenvalue weighted by molar-refractivity contribution is -0.137. The average Bonchev–Trinajstić information content (AvgIpc) is 3.46. The van der Waals surface area contributed by atoms with E-state index in [4.69, 9.17) is 4.52 Å². The summed E-state index contributed by atoms with van der Waals surface area (Å²) in [6.45, 7) is 1.61. The molecule has 0 radical (unpaired) electrons. The van der Waals surface area contributed by atoms with Crippen molar-refractivity contribution in [1.29, 1.82) is 0 Å². The van der Waals surface area contributed by atoms with Crippen LogP contribution in [-0.4, -0.2) is 55.4 Å². The van der Waals surface area contributed by atoms with E-state index in [-0.39, 0.29) is 30.0 Å². The Morgan fingerprint density at radius 1 is 1.17 bits per heavy atom. The first kappa shape index (κ1) is 24.4. The number of sulfonamides is 1. The number of alkyl halides is 3. The zero-order chi connectivity index (χ0) is 26.0. The van der Waals surface area contributed by atoms with Gasteiger partial charge in [0.2, 0.25) is 10.0 Å². The van der Waals surface area contributed by atoms with Crippen molar-refractivity contribution in [3.05, 3.63) is 47.5 Å². The minimum Gasteiger partial charge on any atom is -0.354 e. The van der Waals surface area contributed by atoms with Crippen LogP contribution in [0, 0.1) is 11.6 Å². The van der Waals surface area contributed by atoms with Crippen LogP contribution in [0.3, 0.4) is 0 Å². The van der Waals surface area contributed by atoms with Gasteiger partial charge >= 0.3 is 12.2 Å². The smallest absolute Gasteiger partial charge is 0.354 e. The standard InChI is InChI=1S/C22H19F5N4O4S/c1-2-36(33,34)29-12-8-13-10-31(21(32)30(13)9-12)20-19-14(18-15(23)4-3-5-16(18)24)6-11(22(25,26)27)7-17(19)35-28-20/h3-7,12-13,29H,2,8-10H2,1H3/t12-,13-/m0/s1. The number of aromatic nitrogens is 1. The number of halogens is 5. The van der Waals surface area contributed by atoms with Crippen LogP contribution in [0.1, 0.15) is 18.9 Å². The van der Waals surface area contributed by atoms with Gasteiger partial charge in [-0.25, -0.2) is 26.7 Å².